The van der Waals surface area contributed by atoms with Crippen molar-refractivity contribution in [2.24, 2.45) is 17.8 Å². The third kappa shape index (κ3) is 13.6. The Balaban J connectivity index is 0.000000145. The molecular weight excluding hydrogens is 1740 g/mol. The number of carbonyl (C=O) groups is 12. The SMILES string of the molecule is COC(=O)c1c(O)ccc(O)c1C(=O)c1c(O)cc2c(c1O)[C@@H]1C=C(C2)C2C(=C(O)c3c(O)cc(C)cc3[C@@H]2O)C1=O.COC(=O)c1c(O)ccc(O)c1C(=O)c1c(O)cc2c(c1O)[C@@H]1C=C(C2)C2C(=C(O)c3c(O)cc(C)cc3[C@@H]2OC(C)=O)C1=O.COC(=O)c1c(O)ccc(O)c1C(=O)c1c(O)cc2c(c1O)[C@@H]1C=C(C2)C2[C@@H](OC(C)=O)c3cc(C)cc(O)c3C(=O)C2(O)C1=O. The number of aryl methyl sites for hydroxylation is 3. The molecule has 19 N–H and O–H groups in total. The van der Waals surface area contributed by atoms with Crippen LogP contribution in [0.15, 0.2) is 137 Å². The molecule has 9 aliphatic carbocycles. The van der Waals surface area contributed by atoms with E-state index in [0.29, 0.717) is 33.4 Å². The summed E-state index contributed by atoms with van der Waals surface area (Å²) < 4.78 is 25.1. The summed E-state index contributed by atoms with van der Waals surface area (Å²) in [5.41, 5.74) is -6.67. The Morgan fingerprint density at radius 3 is 1.04 bits per heavy atom. The van der Waals surface area contributed by atoms with Gasteiger partial charge in [-0.05, 0) is 152 Å². The quantitative estimate of drug-likeness (QED) is 0.0143. The molecule has 6 bridgehead atoms. The first-order valence-corrected chi connectivity index (χ1v) is 40.4. The number of carbonyl (C=O) groups excluding carboxylic acids is 12. The first-order chi connectivity index (χ1) is 62.7. The van der Waals surface area contributed by atoms with Crippen molar-refractivity contribution in [3.05, 3.63) is 271 Å². The van der Waals surface area contributed by atoms with Crippen molar-refractivity contribution in [2.75, 3.05) is 21.3 Å². The lowest BCUT2D eigenvalue weighted by Gasteiger charge is -2.49. The average molecular weight is 1820 g/mol. The number of methoxy groups -OCH3 is 3. The molecule has 18 rings (SSSR count). The van der Waals surface area contributed by atoms with Gasteiger partial charge in [0.2, 0.25) is 23.1 Å². The number of aromatic hydroxyl groups is 15. The number of ketones is 7. The zero-order valence-corrected chi connectivity index (χ0v) is 70.6. The molecule has 0 spiro atoms. The fourth-order valence-corrected chi connectivity index (χ4v) is 20.1. The minimum atomic E-state index is -2.89. The maximum atomic E-state index is 14.2. The van der Waals surface area contributed by atoms with Gasteiger partial charge in [0, 0.05) is 58.7 Å². The summed E-state index contributed by atoms with van der Waals surface area (Å²) in [6.07, 6.45) is 0.467. The van der Waals surface area contributed by atoms with Crippen molar-refractivity contribution in [1.82, 2.24) is 0 Å². The predicted molar refractivity (Wildman–Crippen MR) is 453 cm³/mol. The van der Waals surface area contributed by atoms with Crippen LogP contribution >= 0.6 is 0 Å². The number of rotatable bonds is 11. The highest BCUT2D eigenvalue weighted by atomic mass is 16.6. The number of allylic oxidation sites excluding steroid dienone is 3. The van der Waals surface area contributed by atoms with Crippen LogP contribution in [0.3, 0.4) is 0 Å². The molecule has 133 heavy (non-hydrogen) atoms. The summed E-state index contributed by atoms with van der Waals surface area (Å²) >= 11 is 0. The molecule has 0 aromatic heterocycles. The summed E-state index contributed by atoms with van der Waals surface area (Å²) in [6.45, 7) is 7.33. The van der Waals surface area contributed by atoms with E-state index in [2.05, 4.69) is 14.2 Å². The molecule has 36 heteroatoms. The minimum Gasteiger partial charge on any atom is -0.507 e. The summed E-state index contributed by atoms with van der Waals surface area (Å²) in [6, 6.07) is 17.8. The van der Waals surface area contributed by atoms with Gasteiger partial charge in [-0.2, -0.15) is 0 Å². The Labute approximate surface area is 748 Å². The van der Waals surface area contributed by atoms with Crippen molar-refractivity contribution >= 4 is 81.8 Å². The van der Waals surface area contributed by atoms with Gasteiger partial charge in [0.25, 0.3) is 0 Å². The van der Waals surface area contributed by atoms with Crippen LogP contribution < -0.4 is 0 Å². The Kier molecular flexibility index (Phi) is 21.7. The Morgan fingerprint density at radius 1 is 0.353 bits per heavy atom. The van der Waals surface area contributed by atoms with Gasteiger partial charge in [-0.15, -0.1) is 0 Å². The lowest BCUT2D eigenvalue weighted by atomic mass is 9.56. The highest BCUT2D eigenvalue weighted by Crippen LogP contribution is 2.62. The monoisotopic (exact) mass is 1820 g/mol. The van der Waals surface area contributed by atoms with E-state index in [1.807, 2.05) is 0 Å². The average Bonchev–Trinajstić information content (AvgIpc) is 0.689. The highest BCUT2D eigenvalue weighted by Gasteiger charge is 2.65. The van der Waals surface area contributed by atoms with Crippen molar-refractivity contribution in [3.8, 4) is 86.2 Å². The van der Waals surface area contributed by atoms with Crippen molar-refractivity contribution < 1.29 is 178 Å². The Bertz CT molecular complexity index is 7120. The molecule has 0 amide bonds. The number of hydrogen-bond donors (Lipinski definition) is 19. The number of fused-ring (bicyclic) bond motifs is 18. The van der Waals surface area contributed by atoms with Crippen LogP contribution in [0, 0.1) is 38.5 Å². The molecular formula is C97H76O36. The molecule has 0 fully saturated rings. The normalized spacial score (nSPS) is 20.9. The zero-order valence-electron chi connectivity index (χ0n) is 70.6. The molecule has 9 aromatic carbocycles. The number of hydrogen-bond acceptors (Lipinski definition) is 36. The van der Waals surface area contributed by atoms with Gasteiger partial charge < -0.3 is 121 Å². The van der Waals surface area contributed by atoms with Crippen LogP contribution in [-0.2, 0) is 66.9 Å². The van der Waals surface area contributed by atoms with Crippen LogP contribution in [-0.4, -0.2) is 194 Å². The molecule has 0 saturated carbocycles. The van der Waals surface area contributed by atoms with Crippen LogP contribution in [0.4, 0.5) is 0 Å². The summed E-state index contributed by atoms with van der Waals surface area (Å²) in [5.74, 6) is -31.6. The van der Waals surface area contributed by atoms with Crippen molar-refractivity contribution in [2.45, 2.75) is 95.5 Å². The number of aliphatic hydroxyl groups excluding tert-OH is 3. The molecule has 0 radical (unpaired) electrons. The number of benzene rings is 9. The van der Waals surface area contributed by atoms with Gasteiger partial charge in [0.05, 0.1) is 90.4 Å². The van der Waals surface area contributed by atoms with Crippen LogP contribution in [0.25, 0.3) is 11.5 Å². The van der Waals surface area contributed by atoms with E-state index in [4.69, 9.17) is 9.47 Å². The van der Waals surface area contributed by atoms with Crippen molar-refractivity contribution in [3.63, 3.8) is 0 Å². The second-order valence-corrected chi connectivity index (χ2v) is 33.2. The Hall–Kier alpha value is -16.8. The number of Topliss-reactive ketones (excluding diaryl/α,β-unsaturated/α-hetero) is 4. The van der Waals surface area contributed by atoms with E-state index in [0.717, 1.165) is 76.8 Å². The molecule has 9 aliphatic rings. The molecule has 680 valence electrons. The maximum absolute atomic E-state index is 14.2. The number of aliphatic hydroxyl groups is 4. The third-order valence-electron chi connectivity index (χ3n) is 25.4. The van der Waals surface area contributed by atoms with E-state index < -0.39 is 272 Å². The summed E-state index contributed by atoms with van der Waals surface area (Å²) in [5, 5.41) is 208. The molecule has 0 saturated heterocycles. The molecule has 9 aromatic rings. The van der Waals surface area contributed by atoms with Gasteiger partial charge in [-0.25, -0.2) is 14.4 Å². The van der Waals surface area contributed by atoms with Crippen LogP contribution in [0.2, 0.25) is 0 Å². The van der Waals surface area contributed by atoms with E-state index in [1.54, 1.807) is 32.9 Å². The second kappa shape index (κ2) is 32.2. The maximum Gasteiger partial charge on any atom is 0.342 e. The first-order valence-electron chi connectivity index (χ1n) is 40.4. The van der Waals surface area contributed by atoms with Crippen LogP contribution in [0.5, 0.6) is 86.2 Å². The lowest BCUT2D eigenvalue weighted by Crippen LogP contribution is -2.62. The number of esters is 5. The summed E-state index contributed by atoms with van der Waals surface area (Å²) in [7, 11) is 2.94. The number of phenolic OH excluding ortho intramolecular Hbond substituents is 15. The highest BCUT2D eigenvalue weighted by molar-refractivity contribution is 6.26. The molecule has 0 heterocycles. The minimum absolute atomic E-state index is 0.00810. The van der Waals surface area contributed by atoms with Crippen molar-refractivity contribution in [1.29, 1.82) is 0 Å². The predicted octanol–water partition coefficient (Wildman–Crippen LogP) is 9.75. The molecule has 0 aliphatic heterocycles. The standard InChI is InChI=1S/C33H26O13.C33H26O12.C31H24O11/c1-11-6-15-22(19(37)7-11)31(42)33(44)26(29(15)46-12(2)34)14-8-13-10-20(38)25(27(39)21(13)16(9-14)30(33)41)28(40)23-17(35)4-5-18(36)24(23)32(43)45-3;1-11-6-16-23(19(37)7-11)30(41)27-22(32(16)45-12(2)34)13-8-14-10-20(38)26(29(40)21(14)15(9-13)28(27)39)31(42)24-17(35)4-5-18(36)25(24)33(43)44-3;1-10-5-13-21(17(34)6-10)29(39)25-20(26(13)36)11-7-12-9-18(35)24(28(38)19(12)14(8-11)27(25)37)30(40)22-15(32)3-4-16(33)23(22)31(41)42-2/h4-7,9-10,16,26,29,35-39,44H,8H2,1-3H3;4-7,9-10,15,22,32,35-38,40-41H,8H2,1-3H3;3-6,8-9,14,20,26,32-36,38-39H,7H2,1-2H3/t16-,26?,29-,33?;15-,22?,32-;14-,20?,26-/m000/s1. The largest absolute Gasteiger partial charge is 0.507 e. The Morgan fingerprint density at radius 2 is 0.662 bits per heavy atom. The fourth-order valence-electron chi connectivity index (χ4n) is 20.1. The van der Waals surface area contributed by atoms with Gasteiger partial charge in [0.1, 0.15) is 143 Å². The van der Waals surface area contributed by atoms with E-state index in [-0.39, 0.29) is 103 Å². The van der Waals surface area contributed by atoms with E-state index in [1.165, 1.54) is 55.5 Å². The molecule has 4 unspecified atom stereocenters. The lowest BCUT2D eigenvalue weighted by molar-refractivity contribution is -0.160. The number of ether oxygens (including phenoxy) is 5. The molecule has 10 atom stereocenters. The van der Waals surface area contributed by atoms with E-state index >= 15 is 0 Å². The zero-order chi connectivity index (χ0) is 96.6. The summed E-state index contributed by atoms with van der Waals surface area (Å²) in [4.78, 5) is 159. The van der Waals surface area contributed by atoms with Gasteiger partial charge in [-0.3, -0.25) is 43.2 Å². The van der Waals surface area contributed by atoms with Gasteiger partial charge in [-0.1, -0.05) is 53.1 Å². The second-order valence-electron chi connectivity index (χ2n) is 33.2. The van der Waals surface area contributed by atoms with E-state index in [9.17, 15) is 155 Å². The fraction of sp³-hybridized carbons (Fsp3) is 0.216. The first kappa shape index (κ1) is 89.6. The van der Waals surface area contributed by atoms with Gasteiger partial charge >= 0.3 is 29.8 Å². The third-order valence-corrected chi connectivity index (χ3v) is 25.4. The van der Waals surface area contributed by atoms with Crippen LogP contribution in [0.1, 0.15) is 217 Å². The molecule has 36 nitrogen and oxygen atoms in total. The van der Waals surface area contributed by atoms with Gasteiger partial charge in [0.15, 0.2) is 23.0 Å². The topological polar surface area (TPSA) is 635 Å². The smallest absolute Gasteiger partial charge is 0.342 e. The number of phenols is 15.